The maximum absolute atomic E-state index is 12.3. The van der Waals surface area contributed by atoms with Gasteiger partial charge in [0.15, 0.2) is 0 Å². The fourth-order valence-electron chi connectivity index (χ4n) is 1.92. The number of hydrogen-bond acceptors (Lipinski definition) is 3. The fourth-order valence-corrected chi connectivity index (χ4v) is 3.21. The molecule has 0 spiro atoms. The van der Waals surface area contributed by atoms with Crippen molar-refractivity contribution >= 4 is 39.6 Å². The van der Waals surface area contributed by atoms with Crippen LogP contribution in [0.1, 0.15) is 26.7 Å². The van der Waals surface area contributed by atoms with E-state index in [-0.39, 0.29) is 12.5 Å². The zero-order valence-electron chi connectivity index (χ0n) is 12.0. The van der Waals surface area contributed by atoms with Gasteiger partial charge < -0.3 is 10.4 Å². The number of thioether (sulfide) groups is 1. The topological polar surface area (TPSA) is 66.4 Å². The lowest BCUT2D eigenvalue weighted by atomic mass is 10.1. The predicted octanol–water partition coefficient (Wildman–Crippen LogP) is 3.30. The van der Waals surface area contributed by atoms with Crippen molar-refractivity contribution in [1.82, 2.24) is 5.32 Å². The SMILES string of the molecule is CC(C)(Sc1ccc(Br)cc1)C(=O)NCC1(C(=O)O)CC1. The molecule has 1 saturated carbocycles. The van der Waals surface area contributed by atoms with Gasteiger partial charge in [-0.1, -0.05) is 15.9 Å². The Morgan fingerprint density at radius 2 is 1.90 bits per heavy atom. The van der Waals surface area contributed by atoms with E-state index in [1.807, 2.05) is 38.1 Å². The Bertz CT molecular complexity index is 553. The third-order valence-electron chi connectivity index (χ3n) is 3.63. The van der Waals surface area contributed by atoms with Crippen LogP contribution in [0, 0.1) is 5.41 Å². The van der Waals surface area contributed by atoms with Crippen molar-refractivity contribution in [3.8, 4) is 0 Å². The number of halogens is 1. The summed E-state index contributed by atoms with van der Waals surface area (Å²) in [5, 5.41) is 11.9. The summed E-state index contributed by atoms with van der Waals surface area (Å²) in [6, 6.07) is 7.76. The molecule has 2 rings (SSSR count). The third-order valence-corrected chi connectivity index (χ3v) is 5.36. The van der Waals surface area contributed by atoms with Gasteiger partial charge in [-0.05, 0) is 51.0 Å². The lowest BCUT2D eigenvalue weighted by Crippen LogP contribution is -2.43. The van der Waals surface area contributed by atoms with Gasteiger partial charge in [0.05, 0.1) is 10.2 Å². The van der Waals surface area contributed by atoms with Gasteiger partial charge in [0, 0.05) is 15.9 Å². The average molecular weight is 372 g/mol. The summed E-state index contributed by atoms with van der Waals surface area (Å²) in [4.78, 5) is 24.4. The average Bonchev–Trinajstić information content (AvgIpc) is 3.19. The highest BCUT2D eigenvalue weighted by atomic mass is 79.9. The van der Waals surface area contributed by atoms with Crippen LogP contribution >= 0.6 is 27.7 Å². The Hall–Kier alpha value is -1.01. The summed E-state index contributed by atoms with van der Waals surface area (Å²) in [5.41, 5.74) is -0.728. The smallest absolute Gasteiger partial charge is 0.311 e. The first-order valence-electron chi connectivity index (χ1n) is 6.71. The van der Waals surface area contributed by atoms with Crippen LogP contribution in [0.5, 0.6) is 0 Å². The molecule has 2 N–H and O–H groups in total. The molecule has 6 heteroatoms. The molecule has 0 unspecified atom stereocenters. The van der Waals surface area contributed by atoms with Gasteiger partial charge in [-0.3, -0.25) is 9.59 Å². The van der Waals surface area contributed by atoms with Crippen molar-refractivity contribution in [2.45, 2.75) is 36.3 Å². The number of benzene rings is 1. The van der Waals surface area contributed by atoms with Gasteiger partial charge in [-0.25, -0.2) is 0 Å². The van der Waals surface area contributed by atoms with Crippen molar-refractivity contribution in [3.05, 3.63) is 28.7 Å². The summed E-state index contributed by atoms with van der Waals surface area (Å²) < 4.78 is 0.342. The van der Waals surface area contributed by atoms with Crippen molar-refractivity contribution in [2.75, 3.05) is 6.54 Å². The molecule has 1 amide bonds. The second-order valence-corrected chi connectivity index (χ2v) is 8.45. The van der Waals surface area contributed by atoms with Crippen LogP contribution in [0.15, 0.2) is 33.6 Å². The minimum absolute atomic E-state index is 0.136. The van der Waals surface area contributed by atoms with Crippen molar-refractivity contribution in [3.63, 3.8) is 0 Å². The lowest BCUT2D eigenvalue weighted by molar-refractivity contribution is -0.143. The maximum atomic E-state index is 12.3. The monoisotopic (exact) mass is 371 g/mol. The number of hydrogen-bond donors (Lipinski definition) is 2. The number of amides is 1. The minimum atomic E-state index is -0.818. The van der Waals surface area contributed by atoms with Gasteiger partial charge in [0.1, 0.15) is 0 Å². The second-order valence-electron chi connectivity index (χ2n) is 5.83. The molecule has 4 nitrogen and oxygen atoms in total. The molecule has 114 valence electrons. The number of carbonyl (C=O) groups is 2. The highest BCUT2D eigenvalue weighted by molar-refractivity contribution is 9.10. The molecule has 1 fully saturated rings. The van der Waals surface area contributed by atoms with Crippen molar-refractivity contribution in [1.29, 1.82) is 0 Å². The molecule has 0 atom stereocenters. The molecule has 0 aromatic heterocycles. The molecular formula is C15H18BrNO3S. The predicted molar refractivity (Wildman–Crippen MR) is 86.4 cm³/mol. The number of rotatable bonds is 6. The van der Waals surface area contributed by atoms with E-state index in [1.165, 1.54) is 11.8 Å². The Kier molecular flexibility index (Phi) is 4.68. The maximum Gasteiger partial charge on any atom is 0.311 e. The van der Waals surface area contributed by atoms with Gasteiger partial charge in [-0.2, -0.15) is 0 Å². The molecule has 0 bridgehead atoms. The van der Waals surface area contributed by atoms with Crippen LogP contribution in [0.2, 0.25) is 0 Å². The number of carbonyl (C=O) groups excluding carboxylic acids is 1. The van der Waals surface area contributed by atoms with Crippen LogP contribution in [-0.4, -0.2) is 28.3 Å². The highest BCUT2D eigenvalue weighted by Crippen LogP contribution is 2.45. The van der Waals surface area contributed by atoms with E-state index in [9.17, 15) is 9.59 Å². The highest BCUT2D eigenvalue weighted by Gasteiger charge is 2.50. The molecule has 1 aromatic carbocycles. The first kappa shape index (κ1) is 16.4. The van der Waals surface area contributed by atoms with Crippen LogP contribution < -0.4 is 5.32 Å². The molecule has 0 radical (unpaired) electrons. The van der Waals surface area contributed by atoms with E-state index in [1.54, 1.807) is 0 Å². The summed E-state index contributed by atoms with van der Waals surface area (Å²) in [5.74, 6) is -0.955. The standard InChI is InChI=1S/C15H18BrNO3S/c1-14(2,21-11-5-3-10(16)4-6-11)12(18)17-9-15(7-8-15)13(19)20/h3-6H,7-9H2,1-2H3,(H,17,18)(H,19,20). The molecule has 1 aliphatic rings. The normalized spacial score (nSPS) is 16.3. The zero-order valence-corrected chi connectivity index (χ0v) is 14.4. The number of carboxylic acid groups (broad SMARTS) is 1. The van der Waals surface area contributed by atoms with Gasteiger partial charge in [0.2, 0.25) is 5.91 Å². The van der Waals surface area contributed by atoms with Crippen LogP contribution in [-0.2, 0) is 9.59 Å². The van der Waals surface area contributed by atoms with Crippen molar-refractivity contribution in [2.24, 2.45) is 5.41 Å². The van der Waals surface area contributed by atoms with E-state index in [0.717, 1.165) is 9.37 Å². The van der Waals surface area contributed by atoms with Crippen LogP contribution in [0.4, 0.5) is 0 Å². The number of carboxylic acids is 1. The molecule has 1 aliphatic carbocycles. The quantitative estimate of drug-likeness (QED) is 0.752. The Labute approximate surface area is 136 Å². The third kappa shape index (κ3) is 4.01. The van der Waals surface area contributed by atoms with E-state index >= 15 is 0 Å². The Morgan fingerprint density at radius 3 is 2.38 bits per heavy atom. The van der Waals surface area contributed by atoms with Gasteiger partial charge >= 0.3 is 5.97 Å². The Balaban J connectivity index is 1.94. The number of aliphatic carboxylic acids is 1. The molecule has 0 saturated heterocycles. The Morgan fingerprint density at radius 1 is 1.33 bits per heavy atom. The molecular weight excluding hydrogens is 354 g/mol. The summed E-state index contributed by atoms with van der Waals surface area (Å²) in [7, 11) is 0. The summed E-state index contributed by atoms with van der Waals surface area (Å²) >= 11 is 4.84. The van der Waals surface area contributed by atoms with Crippen LogP contribution in [0.25, 0.3) is 0 Å². The fraction of sp³-hybridized carbons (Fsp3) is 0.467. The van der Waals surface area contributed by atoms with E-state index in [4.69, 9.17) is 5.11 Å². The van der Waals surface area contributed by atoms with Crippen molar-refractivity contribution < 1.29 is 14.7 Å². The molecule has 0 heterocycles. The molecule has 1 aromatic rings. The lowest BCUT2D eigenvalue weighted by Gasteiger charge is -2.24. The van der Waals surface area contributed by atoms with Gasteiger partial charge in [0.25, 0.3) is 0 Å². The van der Waals surface area contributed by atoms with Gasteiger partial charge in [-0.15, -0.1) is 11.8 Å². The second kappa shape index (κ2) is 6.01. The summed E-state index contributed by atoms with van der Waals surface area (Å²) in [6.07, 6.45) is 1.28. The van der Waals surface area contributed by atoms with E-state index in [2.05, 4.69) is 21.2 Å². The summed E-state index contributed by atoms with van der Waals surface area (Å²) in [6.45, 7) is 3.90. The van der Waals surface area contributed by atoms with E-state index < -0.39 is 16.1 Å². The minimum Gasteiger partial charge on any atom is -0.481 e. The number of nitrogens with one attached hydrogen (secondary N) is 1. The first-order valence-corrected chi connectivity index (χ1v) is 8.32. The largest absolute Gasteiger partial charge is 0.481 e. The molecule has 0 aliphatic heterocycles. The zero-order chi connectivity index (χ0) is 15.7. The first-order chi connectivity index (χ1) is 9.75. The molecule has 21 heavy (non-hydrogen) atoms. The van der Waals surface area contributed by atoms with E-state index in [0.29, 0.717) is 12.8 Å². The van der Waals surface area contributed by atoms with Crippen LogP contribution in [0.3, 0.4) is 0 Å².